The Bertz CT molecular complexity index is 273. The zero-order chi connectivity index (χ0) is 14.5. The van der Waals surface area contributed by atoms with Crippen LogP contribution in [-0.4, -0.2) is 29.7 Å². The lowest BCUT2D eigenvalue weighted by molar-refractivity contribution is 0.0180. The third-order valence-electron chi connectivity index (χ3n) is 3.66. The average molecular weight is 269 g/mol. The third-order valence-corrected chi connectivity index (χ3v) is 3.66. The van der Waals surface area contributed by atoms with Crippen molar-refractivity contribution in [1.82, 2.24) is 4.90 Å². The van der Waals surface area contributed by atoms with Gasteiger partial charge in [-0.25, -0.2) is 4.79 Å². The molecule has 0 atom stereocenters. The quantitative estimate of drug-likeness (QED) is 0.754. The molecule has 3 nitrogen and oxygen atoms in total. The molecule has 1 amide bonds. The highest BCUT2D eigenvalue weighted by atomic mass is 16.6. The minimum Gasteiger partial charge on any atom is -0.444 e. The van der Waals surface area contributed by atoms with E-state index in [-0.39, 0.29) is 11.7 Å². The Kier molecular flexibility index (Phi) is 6.15. The topological polar surface area (TPSA) is 29.5 Å². The molecule has 0 aliphatic carbocycles. The highest BCUT2D eigenvalue weighted by Crippen LogP contribution is 2.24. The normalized spacial score (nSPS) is 17.9. The Hall–Kier alpha value is -0.730. The molecule has 1 aliphatic rings. The van der Waals surface area contributed by atoms with E-state index in [9.17, 15) is 4.79 Å². The summed E-state index contributed by atoms with van der Waals surface area (Å²) in [7, 11) is 0. The van der Waals surface area contributed by atoms with Gasteiger partial charge in [0.15, 0.2) is 0 Å². The van der Waals surface area contributed by atoms with Gasteiger partial charge in [0, 0.05) is 13.1 Å². The fourth-order valence-corrected chi connectivity index (χ4v) is 2.55. The zero-order valence-electron chi connectivity index (χ0n) is 13.4. The lowest BCUT2D eigenvalue weighted by Crippen LogP contribution is -2.41. The SMILES string of the molecule is CC(C)CCCC1CCN(C(=O)OC(C)(C)C)CC1. The number of hydrogen-bond acceptors (Lipinski definition) is 2. The van der Waals surface area contributed by atoms with Crippen LogP contribution in [0.15, 0.2) is 0 Å². The summed E-state index contributed by atoms with van der Waals surface area (Å²) < 4.78 is 5.41. The van der Waals surface area contributed by atoms with Crippen LogP contribution in [0.4, 0.5) is 4.79 Å². The van der Waals surface area contributed by atoms with Gasteiger partial charge in [-0.05, 0) is 45.4 Å². The van der Waals surface area contributed by atoms with E-state index in [1.54, 1.807) is 0 Å². The molecule has 1 aliphatic heterocycles. The van der Waals surface area contributed by atoms with Crippen LogP contribution in [0.3, 0.4) is 0 Å². The first-order valence-electron chi connectivity index (χ1n) is 7.76. The van der Waals surface area contributed by atoms with Crippen molar-refractivity contribution in [3.8, 4) is 0 Å². The molecule has 1 rings (SSSR count). The molecule has 0 unspecified atom stereocenters. The largest absolute Gasteiger partial charge is 0.444 e. The molecule has 1 heterocycles. The predicted molar refractivity (Wildman–Crippen MR) is 79.2 cm³/mol. The number of likely N-dealkylation sites (tertiary alicyclic amines) is 1. The van der Waals surface area contributed by atoms with Crippen LogP contribution in [0.2, 0.25) is 0 Å². The van der Waals surface area contributed by atoms with Gasteiger partial charge in [-0.3, -0.25) is 0 Å². The van der Waals surface area contributed by atoms with Crippen molar-refractivity contribution in [1.29, 1.82) is 0 Å². The molecule has 0 bridgehead atoms. The fraction of sp³-hybridized carbons (Fsp3) is 0.938. The Labute approximate surface area is 118 Å². The summed E-state index contributed by atoms with van der Waals surface area (Å²) in [5, 5.41) is 0. The average Bonchev–Trinajstić information content (AvgIpc) is 2.27. The Morgan fingerprint density at radius 2 is 1.84 bits per heavy atom. The number of hydrogen-bond donors (Lipinski definition) is 0. The van der Waals surface area contributed by atoms with Gasteiger partial charge in [-0.15, -0.1) is 0 Å². The van der Waals surface area contributed by atoms with Crippen molar-refractivity contribution in [3.05, 3.63) is 0 Å². The maximum Gasteiger partial charge on any atom is 0.410 e. The molecule has 1 fully saturated rings. The molecule has 1 saturated heterocycles. The van der Waals surface area contributed by atoms with Crippen LogP contribution in [-0.2, 0) is 4.74 Å². The molecule has 0 aromatic rings. The van der Waals surface area contributed by atoms with E-state index in [2.05, 4.69) is 13.8 Å². The van der Waals surface area contributed by atoms with Crippen molar-refractivity contribution in [3.63, 3.8) is 0 Å². The molecular formula is C16H31NO2. The van der Waals surface area contributed by atoms with E-state index >= 15 is 0 Å². The maximum absolute atomic E-state index is 11.9. The van der Waals surface area contributed by atoms with E-state index in [1.807, 2.05) is 25.7 Å². The van der Waals surface area contributed by atoms with Gasteiger partial charge < -0.3 is 9.64 Å². The molecular weight excluding hydrogens is 238 g/mol. The van der Waals surface area contributed by atoms with Gasteiger partial charge in [-0.1, -0.05) is 33.1 Å². The van der Waals surface area contributed by atoms with E-state index in [4.69, 9.17) is 4.74 Å². The first kappa shape index (κ1) is 16.3. The molecule has 3 heteroatoms. The highest BCUT2D eigenvalue weighted by molar-refractivity contribution is 5.68. The summed E-state index contributed by atoms with van der Waals surface area (Å²) >= 11 is 0. The van der Waals surface area contributed by atoms with Gasteiger partial charge >= 0.3 is 6.09 Å². The molecule has 0 radical (unpaired) electrons. The van der Waals surface area contributed by atoms with Crippen LogP contribution < -0.4 is 0 Å². The minimum atomic E-state index is -0.384. The summed E-state index contributed by atoms with van der Waals surface area (Å²) in [4.78, 5) is 13.8. The molecule has 0 spiro atoms. The van der Waals surface area contributed by atoms with Crippen LogP contribution in [0.1, 0.15) is 66.7 Å². The fourth-order valence-electron chi connectivity index (χ4n) is 2.55. The Balaban J connectivity index is 2.23. The minimum absolute atomic E-state index is 0.145. The second kappa shape index (κ2) is 7.16. The van der Waals surface area contributed by atoms with Gasteiger partial charge in [-0.2, -0.15) is 0 Å². The van der Waals surface area contributed by atoms with Gasteiger partial charge in [0.2, 0.25) is 0 Å². The second-order valence-corrected chi connectivity index (χ2v) is 7.24. The Morgan fingerprint density at radius 3 is 2.32 bits per heavy atom. The lowest BCUT2D eigenvalue weighted by atomic mass is 9.90. The summed E-state index contributed by atoms with van der Waals surface area (Å²) in [5.41, 5.74) is -0.384. The number of nitrogens with zero attached hydrogens (tertiary/aromatic N) is 1. The van der Waals surface area contributed by atoms with Crippen LogP contribution in [0, 0.1) is 11.8 Å². The van der Waals surface area contributed by atoms with Gasteiger partial charge in [0.1, 0.15) is 5.60 Å². The van der Waals surface area contributed by atoms with Crippen LogP contribution in [0.5, 0.6) is 0 Å². The number of carbonyl (C=O) groups excluding carboxylic acids is 1. The lowest BCUT2D eigenvalue weighted by Gasteiger charge is -2.33. The summed E-state index contributed by atoms with van der Waals surface area (Å²) in [6.07, 6.45) is 6.10. The highest BCUT2D eigenvalue weighted by Gasteiger charge is 2.26. The van der Waals surface area contributed by atoms with E-state index in [1.165, 1.54) is 19.3 Å². The first-order chi connectivity index (χ1) is 8.78. The number of ether oxygens (including phenoxy) is 1. The van der Waals surface area contributed by atoms with Gasteiger partial charge in [0.25, 0.3) is 0 Å². The van der Waals surface area contributed by atoms with Crippen molar-refractivity contribution in [2.75, 3.05) is 13.1 Å². The zero-order valence-corrected chi connectivity index (χ0v) is 13.4. The molecule has 112 valence electrons. The summed E-state index contributed by atoms with van der Waals surface area (Å²) in [5.74, 6) is 1.61. The van der Waals surface area contributed by atoms with Gasteiger partial charge in [0.05, 0.1) is 0 Å². The monoisotopic (exact) mass is 269 g/mol. The van der Waals surface area contributed by atoms with Crippen molar-refractivity contribution < 1.29 is 9.53 Å². The number of carbonyl (C=O) groups is 1. The van der Waals surface area contributed by atoms with Crippen molar-refractivity contribution in [2.24, 2.45) is 11.8 Å². The number of amides is 1. The van der Waals surface area contributed by atoms with E-state index in [0.29, 0.717) is 0 Å². The molecule has 0 aromatic heterocycles. The van der Waals surface area contributed by atoms with Crippen LogP contribution in [0.25, 0.3) is 0 Å². The van der Waals surface area contributed by atoms with E-state index in [0.717, 1.165) is 37.8 Å². The molecule has 0 N–H and O–H groups in total. The molecule has 0 saturated carbocycles. The number of piperidine rings is 1. The summed E-state index contributed by atoms with van der Waals surface area (Å²) in [6, 6.07) is 0. The predicted octanol–water partition coefficient (Wildman–Crippen LogP) is 4.46. The standard InChI is InChI=1S/C16H31NO2/c1-13(2)7-6-8-14-9-11-17(12-10-14)15(18)19-16(3,4)5/h13-14H,6-12H2,1-5H3. The van der Waals surface area contributed by atoms with E-state index < -0.39 is 0 Å². The van der Waals surface area contributed by atoms with Crippen molar-refractivity contribution >= 4 is 6.09 Å². The summed E-state index contributed by atoms with van der Waals surface area (Å²) in [6.45, 7) is 12.1. The number of rotatable bonds is 4. The molecule has 0 aromatic carbocycles. The third kappa shape index (κ3) is 6.84. The van der Waals surface area contributed by atoms with Crippen LogP contribution >= 0.6 is 0 Å². The molecule has 19 heavy (non-hydrogen) atoms. The smallest absolute Gasteiger partial charge is 0.410 e. The first-order valence-corrected chi connectivity index (χ1v) is 7.76. The van der Waals surface area contributed by atoms with Crippen molar-refractivity contribution in [2.45, 2.75) is 72.3 Å². The Morgan fingerprint density at radius 1 is 1.26 bits per heavy atom. The second-order valence-electron chi connectivity index (χ2n) is 7.24. The maximum atomic E-state index is 11.9.